The molecule has 0 spiro atoms. The van der Waals surface area contributed by atoms with Gasteiger partial charge in [-0.2, -0.15) is 0 Å². The van der Waals surface area contributed by atoms with Crippen molar-refractivity contribution in [3.05, 3.63) is 29.7 Å². The van der Waals surface area contributed by atoms with Gasteiger partial charge in [0.2, 0.25) is 5.71 Å². The van der Waals surface area contributed by atoms with Gasteiger partial charge in [0.05, 0.1) is 0 Å². The fourth-order valence-corrected chi connectivity index (χ4v) is 1.84. The van der Waals surface area contributed by atoms with Gasteiger partial charge in [-0.1, -0.05) is 0 Å². The highest BCUT2D eigenvalue weighted by molar-refractivity contribution is 5.85. The van der Waals surface area contributed by atoms with Gasteiger partial charge in [0, 0.05) is 36.7 Å². The van der Waals surface area contributed by atoms with E-state index in [1.165, 1.54) is 5.56 Å². The Kier molecular flexibility index (Phi) is 2.44. The monoisotopic (exact) mass is 210 g/mol. The minimum absolute atomic E-state index is 0. The van der Waals surface area contributed by atoms with Crippen molar-refractivity contribution in [1.29, 1.82) is 0 Å². The molecule has 0 aliphatic carbocycles. The topological polar surface area (TPSA) is 38.1 Å². The Hall–Kier alpha value is -1.06. The van der Waals surface area contributed by atoms with E-state index in [2.05, 4.69) is 16.4 Å². The largest absolute Gasteiger partial charge is 0.442 e. The molecule has 4 heteroatoms. The molecule has 0 aromatic carbocycles. The Balaban J connectivity index is 0.000000750. The van der Waals surface area contributed by atoms with Crippen molar-refractivity contribution in [1.82, 2.24) is 10.3 Å². The first-order valence-electron chi connectivity index (χ1n) is 4.51. The maximum absolute atomic E-state index is 5.64. The summed E-state index contributed by atoms with van der Waals surface area (Å²) in [6, 6.07) is 4.02. The van der Waals surface area contributed by atoms with Gasteiger partial charge in [0.15, 0.2) is 0 Å². The molecule has 0 atom stereocenters. The lowest BCUT2D eigenvalue weighted by Crippen LogP contribution is -2.22. The fraction of sp³-hybridized carbons (Fsp3) is 0.300. The molecule has 0 saturated heterocycles. The van der Waals surface area contributed by atoms with Crippen LogP contribution in [0.4, 0.5) is 0 Å². The average Bonchev–Trinajstić information content (AvgIpc) is 2.56. The Morgan fingerprint density at radius 1 is 1.43 bits per heavy atom. The van der Waals surface area contributed by atoms with E-state index in [-0.39, 0.29) is 12.4 Å². The van der Waals surface area contributed by atoms with Crippen LogP contribution in [0.15, 0.2) is 22.7 Å². The molecule has 0 bridgehead atoms. The number of nitrogens with one attached hydrogen (secondary N) is 1. The summed E-state index contributed by atoms with van der Waals surface area (Å²) >= 11 is 0. The van der Waals surface area contributed by atoms with E-state index >= 15 is 0 Å². The van der Waals surface area contributed by atoms with E-state index in [9.17, 15) is 0 Å². The average molecular weight is 211 g/mol. The second kappa shape index (κ2) is 3.59. The first-order valence-corrected chi connectivity index (χ1v) is 4.51. The van der Waals surface area contributed by atoms with Gasteiger partial charge >= 0.3 is 0 Å². The molecule has 1 aliphatic rings. The highest BCUT2D eigenvalue weighted by atomic mass is 35.5. The molecule has 14 heavy (non-hydrogen) atoms. The number of pyridine rings is 1. The van der Waals surface area contributed by atoms with Crippen LogP contribution in [0.25, 0.3) is 11.1 Å². The molecule has 0 radical (unpaired) electrons. The predicted octanol–water partition coefficient (Wildman–Crippen LogP) is 1.90. The van der Waals surface area contributed by atoms with Gasteiger partial charge in [-0.05, 0) is 12.1 Å². The Labute approximate surface area is 87.9 Å². The molecular weight excluding hydrogens is 200 g/mol. The van der Waals surface area contributed by atoms with Crippen LogP contribution in [0.3, 0.4) is 0 Å². The quantitative estimate of drug-likeness (QED) is 0.722. The molecule has 0 unspecified atom stereocenters. The van der Waals surface area contributed by atoms with E-state index in [1.54, 1.807) is 6.20 Å². The minimum Gasteiger partial charge on any atom is -0.442 e. The number of aromatic nitrogens is 1. The predicted molar refractivity (Wildman–Crippen MR) is 56.7 cm³/mol. The zero-order valence-electron chi connectivity index (χ0n) is 7.62. The Bertz CT molecular complexity index is 452. The fourth-order valence-electron chi connectivity index (χ4n) is 1.84. The van der Waals surface area contributed by atoms with Crippen LogP contribution in [0, 0.1) is 0 Å². The van der Waals surface area contributed by atoms with Crippen LogP contribution < -0.4 is 5.32 Å². The molecule has 3 heterocycles. The summed E-state index contributed by atoms with van der Waals surface area (Å²) in [6.07, 6.45) is 2.75. The van der Waals surface area contributed by atoms with Crippen molar-refractivity contribution in [2.45, 2.75) is 13.0 Å². The molecule has 1 aliphatic heterocycles. The highest BCUT2D eigenvalue weighted by Crippen LogP contribution is 2.25. The van der Waals surface area contributed by atoms with E-state index in [1.807, 2.05) is 6.07 Å². The number of nitrogens with zero attached hydrogens (tertiary/aromatic N) is 1. The van der Waals surface area contributed by atoms with Crippen molar-refractivity contribution in [3.8, 4) is 0 Å². The van der Waals surface area contributed by atoms with Gasteiger partial charge < -0.3 is 9.73 Å². The third-order valence-electron chi connectivity index (χ3n) is 2.48. The van der Waals surface area contributed by atoms with E-state index in [4.69, 9.17) is 4.42 Å². The van der Waals surface area contributed by atoms with Crippen LogP contribution in [0.2, 0.25) is 0 Å². The minimum atomic E-state index is 0. The van der Waals surface area contributed by atoms with Crippen molar-refractivity contribution in [2.24, 2.45) is 0 Å². The van der Waals surface area contributed by atoms with E-state index in [0.29, 0.717) is 0 Å². The number of rotatable bonds is 0. The maximum Gasteiger partial charge on any atom is 0.226 e. The molecule has 0 fully saturated rings. The standard InChI is InChI=1S/C10H10N2O.ClH/c1-2-7-8-6-11-5-3-9(8)13-10(7)12-4-1;/h1-2,4,11H,3,5-6H2;1H. The molecule has 0 saturated carbocycles. The summed E-state index contributed by atoms with van der Waals surface area (Å²) in [4.78, 5) is 4.19. The molecule has 3 nitrogen and oxygen atoms in total. The number of furan rings is 1. The van der Waals surface area contributed by atoms with Crippen LogP contribution in [-0.2, 0) is 13.0 Å². The summed E-state index contributed by atoms with van der Waals surface area (Å²) in [6.45, 7) is 1.92. The molecule has 2 aromatic heterocycles. The highest BCUT2D eigenvalue weighted by Gasteiger charge is 2.16. The number of fused-ring (bicyclic) bond motifs is 3. The summed E-state index contributed by atoms with van der Waals surface area (Å²) in [5.74, 6) is 1.10. The normalized spacial score (nSPS) is 14.9. The third kappa shape index (κ3) is 1.29. The Morgan fingerprint density at radius 2 is 2.36 bits per heavy atom. The Morgan fingerprint density at radius 3 is 3.29 bits per heavy atom. The lowest BCUT2D eigenvalue weighted by Gasteiger charge is -2.10. The van der Waals surface area contributed by atoms with E-state index in [0.717, 1.165) is 36.4 Å². The van der Waals surface area contributed by atoms with Crippen molar-refractivity contribution in [3.63, 3.8) is 0 Å². The summed E-state index contributed by atoms with van der Waals surface area (Å²) in [5, 5.41) is 4.49. The van der Waals surface area contributed by atoms with E-state index < -0.39 is 0 Å². The molecule has 1 N–H and O–H groups in total. The summed E-state index contributed by atoms with van der Waals surface area (Å²) in [7, 11) is 0. The van der Waals surface area contributed by atoms with Gasteiger partial charge in [-0.25, -0.2) is 4.98 Å². The smallest absolute Gasteiger partial charge is 0.226 e. The van der Waals surface area contributed by atoms with Crippen LogP contribution >= 0.6 is 12.4 Å². The van der Waals surface area contributed by atoms with Crippen LogP contribution in [0.5, 0.6) is 0 Å². The van der Waals surface area contributed by atoms with Crippen LogP contribution in [-0.4, -0.2) is 11.5 Å². The lowest BCUT2D eigenvalue weighted by atomic mass is 10.1. The van der Waals surface area contributed by atoms with Gasteiger partial charge in [0.25, 0.3) is 0 Å². The number of hydrogen-bond acceptors (Lipinski definition) is 3. The summed E-state index contributed by atoms with van der Waals surface area (Å²) < 4.78 is 5.64. The third-order valence-corrected chi connectivity index (χ3v) is 2.48. The SMILES string of the molecule is Cl.c1cnc2oc3c(c2c1)CNCC3. The van der Waals surface area contributed by atoms with Crippen molar-refractivity contribution >= 4 is 23.5 Å². The van der Waals surface area contributed by atoms with Crippen molar-refractivity contribution in [2.75, 3.05) is 6.54 Å². The second-order valence-corrected chi connectivity index (χ2v) is 3.29. The zero-order valence-corrected chi connectivity index (χ0v) is 8.43. The molecule has 3 rings (SSSR count). The summed E-state index contributed by atoms with van der Waals surface area (Å²) in [5.41, 5.74) is 2.06. The number of halogens is 1. The number of hydrogen-bond donors (Lipinski definition) is 1. The zero-order chi connectivity index (χ0) is 8.67. The first-order chi connectivity index (χ1) is 6.45. The first kappa shape index (κ1) is 9.49. The van der Waals surface area contributed by atoms with Crippen LogP contribution in [0.1, 0.15) is 11.3 Å². The second-order valence-electron chi connectivity index (χ2n) is 3.29. The van der Waals surface area contributed by atoms with Gasteiger partial charge in [0.1, 0.15) is 5.76 Å². The molecule has 2 aromatic rings. The molecule has 74 valence electrons. The van der Waals surface area contributed by atoms with Crippen molar-refractivity contribution < 1.29 is 4.42 Å². The van der Waals surface area contributed by atoms with Gasteiger partial charge in [-0.15, -0.1) is 12.4 Å². The lowest BCUT2D eigenvalue weighted by molar-refractivity contribution is 0.495. The maximum atomic E-state index is 5.64. The molecular formula is C10H11ClN2O. The van der Waals surface area contributed by atoms with Gasteiger partial charge in [-0.3, -0.25) is 0 Å². The molecule has 0 amide bonds.